The number of rotatable bonds is 9. The zero-order chi connectivity index (χ0) is 12.4. The van der Waals surface area contributed by atoms with E-state index in [9.17, 15) is 4.79 Å². The first-order chi connectivity index (χ1) is 7.60. The van der Waals surface area contributed by atoms with Crippen LogP contribution in [0.15, 0.2) is 0 Å². The minimum atomic E-state index is -0.515. The fourth-order valence-electron chi connectivity index (χ4n) is 1.62. The van der Waals surface area contributed by atoms with Crippen LogP contribution in [0.3, 0.4) is 0 Å². The molecule has 0 radical (unpaired) electrons. The van der Waals surface area contributed by atoms with Crippen molar-refractivity contribution in [1.82, 2.24) is 5.32 Å². The highest BCUT2D eigenvalue weighted by Gasteiger charge is 2.32. The van der Waals surface area contributed by atoms with E-state index in [2.05, 4.69) is 12.2 Å². The first-order valence-electron chi connectivity index (χ1n) is 6.10. The van der Waals surface area contributed by atoms with Crippen LogP contribution in [-0.4, -0.2) is 36.2 Å². The molecule has 0 aliphatic rings. The Morgan fingerprint density at radius 3 is 2.56 bits per heavy atom. The Hall–Kier alpha value is -0.220. The van der Waals surface area contributed by atoms with Crippen LogP contribution >= 0.6 is 11.8 Å². The summed E-state index contributed by atoms with van der Waals surface area (Å²) < 4.78 is 5.11. The van der Waals surface area contributed by atoms with Crippen LogP contribution in [0.2, 0.25) is 0 Å². The van der Waals surface area contributed by atoms with E-state index in [1.807, 2.05) is 32.5 Å². The van der Waals surface area contributed by atoms with Crippen molar-refractivity contribution < 1.29 is 9.53 Å². The number of likely N-dealkylation sites (N-methyl/N-ethyl adjacent to an activating group) is 1. The molecule has 0 aromatic rings. The lowest BCUT2D eigenvalue weighted by molar-refractivity contribution is -0.150. The van der Waals surface area contributed by atoms with Crippen molar-refractivity contribution in [1.29, 1.82) is 0 Å². The van der Waals surface area contributed by atoms with Gasteiger partial charge in [0.1, 0.15) is 5.54 Å². The van der Waals surface area contributed by atoms with Crippen molar-refractivity contribution in [2.45, 2.75) is 46.1 Å². The van der Waals surface area contributed by atoms with E-state index in [0.717, 1.165) is 30.9 Å². The Balaban J connectivity index is 4.15. The summed E-state index contributed by atoms with van der Waals surface area (Å²) in [6.45, 7) is 9.18. The van der Waals surface area contributed by atoms with Gasteiger partial charge in [0.2, 0.25) is 0 Å². The SMILES string of the molecule is CCNC(C)(CCCSCC)C(=O)OCC. The molecule has 4 heteroatoms. The molecule has 0 saturated heterocycles. The molecule has 0 aliphatic carbocycles. The summed E-state index contributed by atoms with van der Waals surface area (Å²) in [5.74, 6) is 2.12. The molecular formula is C12H25NO2S. The molecule has 0 aromatic carbocycles. The Labute approximate surface area is 104 Å². The molecule has 0 rings (SSSR count). The Morgan fingerprint density at radius 1 is 1.38 bits per heavy atom. The van der Waals surface area contributed by atoms with Gasteiger partial charge in [0.25, 0.3) is 0 Å². The molecule has 0 saturated carbocycles. The molecule has 3 nitrogen and oxygen atoms in total. The fraction of sp³-hybridized carbons (Fsp3) is 0.917. The van der Waals surface area contributed by atoms with Gasteiger partial charge in [-0.05, 0) is 44.7 Å². The van der Waals surface area contributed by atoms with Gasteiger partial charge >= 0.3 is 5.97 Å². The topological polar surface area (TPSA) is 38.3 Å². The summed E-state index contributed by atoms with van der Waals surface area (Å²) in [6, 6.07) is 0. The van der Waals surface area contributed by atoms with Gasteiger partial charge in [0.05, 0.1) is 6.61 Å². The van der Waals surface area contributed by atoms with Crippen LogP contribution in [0.5, 0.6) is 0 Å². The number of nitrogens with one attached hydrogen (secondary N) is 1. The Bertz CT molecular complexity index is 199. The van der Waals surface area contributed by atoms with Crippen LogP contribution in [0.4, 0.5) is 0 Å². The number of carbonyl (C=O) groups is 1. The smallest absolute Gasteiger partial charge is 0.326 e. The molecule has 0 heterocycles. The lowest BCUT2D eigenvalue weighted by atomic mass is 9.96. The third kappa shape index (κ3) is 5.75. The zero-order valence-corrected chi connectivity index (χ0v) is 11.8. The largest absolute Gasteiger partial charge is 0.465 e. The molecule has 96 valence electrons. The summed E-state index contributed by atoms with van der Waals surface area (Å²) >= 11 is 1.91. The van der Waals surface area contributed by atoms with Gasteiger partial charge in [0.15, 0.2) is 0 Å². The number of hydrogen-bond acceptors (Lipinski definition) is 4. The lowest BCUT2D eigenvalue weighted by Gasteiger charge is -2.28. The molecule has 0 fully saturated rings. The van der Waals surface area contributed by atoms with Crippen molar-refractivity contribution in [2.24, 2.45) is 0 Å². The predicted molar refractivity (Wildman–Crippen MR) is 70.9 cm³/mol. The van der Waals surface area contributed by atoms with Gasteiger partial charge in [-0.3, -0.25) is 4.79 Å². The van der Waals surface area contributed by atoms with Crippen molar-refractivity contribution in [3.63, 3.8) is 0 Å². The molecule has 1 N–H and O–H groups in total. The predicted octanol–water partition coefficient (Wildman–Crippen LogP) is 2.45. The molecule has 0 aliphatic heterocycles. The molecule has 0 bridgehead atoms. The van der Waals surface area contributed by atoms with E-state index in [0.29, 0.717) is 6.61 Å². The van der Waals surface area contributed by atoms with Gasteiger partial charge in [-0.1, -0.05) is 13.8 Å². The maximum absolute atomic E-state index is 11.8. The minimum absolute atomic E-state index is 0.127. The van der Waals surface area contributed by atoms with Crippen molar-refractivity contribution >= 4 is 17.7 Å². The van der Waals surface area contributed by atoms with E-state index in [-0.39, 0.29) is 5.97 Å². The van der Waals surface area contributed by atoms with Gasteiger partial charge in [-0.2, -0.15) is 11.8 Å². The summed E-state index contributed by atoms with van der Waals surface area (Å²) in [5, 5.41) is 3.24. The lowest BCUT2D eigenvalue weighted by Crippen LogP contribution is -2.50. The quantitative estimate of drug-likeness (QED) is 0.502. The Morgan fingerprint density at radius 2 is 2.06 bits per heavy atom. The van der Waals surface area contributed by atoms with Gasteiger partial charge in [-0.25, -0.2) is 0 Å². The number of ether oxygens (including phenoxy) is 1. The van der Waals surface area contributed by atoms with E-state index >= 15 is 0 Å². The summed E-state index contributed by atoms with van der Waals surface area (Å²) in [6.07, 6.45) is 1.88. The third-order valence-corrected chi connectivity index (χ3v) is 3.45. The van der Waals surface area contributed by atoms with Crippen LogP contribution < -0.4 is 5.32 Å². The Kier molecular flexibility index (Phi) is 8.76. The standard InChI is InChI=1S/C12H25NO2S/c1-5-13-12(4,11(14)15-6-2)9-8-10-16-7-3/h13H,5-10H2,1-4H3. The van der Waals surface area contributed by atoms with Crippen LogP contribution in [0.25, 0.3) is 0 Å². The van der Waals surface area contributed by atoms with E-state index in [1.54, 1.807) is 0 Å². The number of thioether (sulfide) groups is 1. The van der Waals surface area contributed by atoms with Gasteiger partial charge < -0.3 is 10.1 Å². The van der Waals surface area contributed by atoms with E-state index in [4.69, 9.17) is 4.74 Å². The average molecular weight is 247 g/mol. The number of esters is 1. The molecular weight excluding hydrogens is 222 g/mol. The molecule has 0 aromatic heterocycles. The third-order valence-electron chi connectivity index (χ3n) is 2.46. The molecule has 1 unspecified atom stereocenters. The van der Waals surface area contributed by atoms with Crippen molar-refractivity contribution in [3.05, 3.63) is 0 Å². The maximum Gasteiger partial charge on any atom is 0.326 e. The highest BCUT2D eigenvalue weighted by molar-refractivity contribution is 7.99. The van der Waals surface area contributed by atoms with E-state index in [1.165, 1.54) is 0 Å². The summed E-state index contributed by atoms with van der Waals surface area (Å²) in [5.41, 5.74) is -0.515. The fourth-order valence-corrected chi connectivity index (χ4v) is 2.25. The van der Waals surface area contributed by atoms with Crippen LogP contribution in [-0.2, 0) is 9.53 Å². The number of hydrogen-bond donors (Lipinski definition) is 1. The first-order valence-corrected chi connectivity index (χ1v) is 7.26. The number of carbonyl (C=O) groups excluding carboxylic acids is 1. The average Bonchev–Trinajstić information content (AvgIpc) is 2.25. The highest BCUT2D eigenvalue weighted by atomic mass is 32.2. The summed E-state index contributed by atoms with van der Waals surface area (Å²) in [7, 11) is 0. The minimum Gasteiger partial charge on any atom is -0.465 e. The maximum atomic E-state index is 11.8. The second kappa shape index (κ2) is 8.88. The molecule has 0 spiro atoms. The summed E-state index contributed by atoms with van der Waals surface area (Å²) in [4.78, 5) is 11.8. The normalized spacial score (nSPS) is 14.5. The second-order valence-electron chi connectivity index (χ2n) is 3.88. The molecule has 0 amide bonds. The first kappa shape index (κ1) is 15.8. The molecule has 16 heavy (non-hydrogen) atoms. The highest BCUT2D eigenvalue weighted by Crippen LogP contribution is 2.16. The monoisotopic (exact) mass is 247 g/mol. The van der Waals surface area contributed by atoms with E-state index < -0.39 is 5.54 Å². The van der Waals surface area contributed by atoms with Crippen molar-refractivity contribution in [2.75, 3.05) is 24.7 Å². The van der Waals surface area contributed by atoms with Crippen LogP contribution in [0, 0.1) is 0 Å². The zero-order valence-electron chi connectivity index (χ0n) is 11.0. The van der Waals surface area contributed by atoms with Gasteiger partial charge in [0, 0.05) is 0 Å². The van der Waals surface area contributed by atoms with Gasteiger partial charge in [-0.15, -0.1) is 0 Å². The second-order valence-corrected chi connectivity index (χ2v) is 5.28. The van der Waals surface area contributed by atoms with Crippen molar-refractivity contribution in [3.8, 4) is 0 Å². The molecule has 1 atom stereocenters. The van der Waals surface area contributed by atoms with Crippen LogP contribution in [0.1, 0.15) is 40.5 Å².